The van der Waals surface area contributed by atoms with Crippen LogP contribution in [0, 0.1) is 0 Å². The van der Waals surface area contributed by atoms with Crippen molar-refractivity contribution >= 4 is 18.3 Å². The van der Waals surface area contributed by atoms with Crippen LogP contribution in [0.5, 0.6) is 0 Å². The first-order valence-corrected chi connectivity index (χ1v) is 4.76. The van der Waals surface area contributed by atoms with Crippen LogP contribution in [0.1, 0.15) is 26.7 Å². The van der Waals surface area contributed by atoms with Gasteiger partial charge in [-0.3, -0.25) is 4.79 Å². The van der Waals surface area contributed by atoms with Crippen molar-refractivity contribution in [3.8, 4) is 0 Å². The fraction of sp³-hybridized carbons (Fsp3) is 0.889. The van der Waals surface area contributed by atoms with E-state index in [4.69, 9.17) is 11.5 Å². The summed E-state index contributed by atoms with van der Waals surface area (Å²) >= 11 is 0. The van der Waals surface area contributed by atoms with Gasteiger partial charge >= 0.3 is 0 Å². The zero-order valence-corrected chi connectivity index (χ0v) is 9.64. The third-order valence-electron chi connectivity index (χ3n) is 2.61. The maximum Gasteiger partial charge on any atom is 0.239 e. The third kappa shape index (κ3) is 3.44. The molecule has 4 N–H and O–H groups in total. The van der Waals surface area contributed by atoms with Crippen LogP contribution in [0.15, 0.2) is 0 Å². The Hall–Kier alpha value is -0.320. The summed E-state index contributed by atoms with van der Waals surface area (Å²) in [7, 11) is 0. The highest BCUT2D eigenvalue weighted by atomic mass is 35.5. The minimum absolute atomic E-state index is 0. The molecule has 1 aliphatic rings. The van der Waals surface area contributed by atoms with Crippen LogP contribution in [-0.2, 0) is 4.79 Å². The normalized spacial score (nSPS) is 22.4. The molecule has 4 nitrogen and oxygen atoms in total. The van der Waals surface area contributed by atoms with E-state index in [1.807, 2.05) is 6.92 Å². The summed E-state index contributed by atoms with van der Waals surface area (Å²) < 4.78 is 0. The molecule has 0 aromatic rings. The number of nitrogens with zero attached hydrogens (tertiary/aromatic N) is 1. The Labute approximate surface area is 91.4 Å². The van der Waals surface area contributed by atoms with E-state index in [0.29, 0.717) is 0 Å². The molecule has 0 bridgehead atoms. The molecule has 1 heterocycles. The Balaban J connectivity index is 0.00000169. The van der Waals surface area contributed by atoms with Gasteiger partial charge in [-0.25, -0.2) is 0 Å². The fourth-order valence-electron chi connectivity index (χ4n) is 1.53. The highest BCUT2D eigenvalue weighted by molar-refractivity contribution is 5.85. The molecule has 0 aromatic heterocycles. The van der Waals surface area contributed by atoms with Crippen LogP contribution in [0.25, 0.3) is 0 Å². The minimum Gasteiger partial charge on any atom is -0.341 e. The molecule has 1 amide bonds. The molecule has 14 heavy (non-hydrogen) atoms. The maximum absolute atomic E-state index is 11.5. The molecule has 84 valence electrons. The number of carbonyl (C=O) groups excluding carboxylic acids is 1. The molecule has 0 spiro atoms. The molecule has 0 radical (unpaired) electrons. The molecule has 0 unspecified atom stereocenters. The summed E-state index contributed by atoms with van der Waals surface area (Å²) in [5, 5.41) is 0. The van der Waals surface area contributed by atoms with Gasteiger partial charge in [-0.15, -0.1) is 12.4 Å². The number of amides is 1. The van der Waals surface area contributed by atoms with Gasteiger partial charge in [0, 0.05) is 18.6 Å². The maximum atomic E-state index is 11.5. The molecule has 0 saturated carbocycles. The predicted molar refractivity (Wildman–Crippen MR) is 59.3 cm³/mol. The van der Waals surface area contributed by atoms with Gasteiger partial charge in [-0.1, -0.05) is 0 Å². The lowest BCUT2D eigenvalue weighted by atomic mass is 9.91. The summed E-state index contributed by atoms with van der Waals surface area (Å²) in [6.07, 6.45) is 1.73. The first-order chi connectivity index (χ1) is 5.92. The number of hydrogen-bond donors (Lipinski definition) is 2. The number of nitrogens with two attached hydrogens (primary N) is 2. The molecule has 5 heteroatoms. The van der Waals surface area contributed by atoms with Crippen molar-refractivity contribution in [3.05, 3.63) is 0 Å². The minimum atomic E-state index is -0.387. The number of halogens is 1. The van der Waals surface area contributed by atoms with E-state index in [1.165, 1.54) is 0 Å². The van der Waals surface area contributed by atoms with Gasteiger partial charge in [0.2, 0.25) is 5.91 Å². The van der Waals surface area contributed by atoms with Crippen molar-refractivity contribution < 1.29 is 4.79 Å². The van der Waals surface area contributed by atoms with Crippen molar-refractivity contribution in [2.75, 3.05) is 13.1 Å². The molecule has 0 aliphatic carbocycles. The zero-order chi connectivity index (χ0) is 10.1. The lowest BCUT2D eigenvalue weighted by Gasteiger charge is -2.37. The van der Waals surface area contributed by atoms with Gasteiger partial charge in [0.1, 0.15) is 0 Å². The van der Waals surface area contributed by atoms with Crippen molar-refractivity contribution in [2.45, 2.75) is 38.3 Å². The lowest BCUT2D eigenvalue weighted by molar-refractivity contribution is -0.133. The average molecular weight is 222 g/mol. The predicted octanol–water partition coefficient (Wildman–Crippen LogP) is 0.0952. The number of rotatable bonds is 1. The van der Waals surface area contributed by atoms with Crippen LogP contribution in [0.2, 0.25) is 0 Å². The number of piperidine rings is 1. The molecule has 1 atom stereocenters. The van der Waals surface area contributed by atoms with Crippen LogP contribution in [0.3, 0.4) is 0 Å². The van der Waals surface area contributed by atoms with Crippen LogP contribution in [-0.4, -0.2) is 35.5 Å². The quantitative estimate of drug-likeness (QED) is 0.660. The molecule has 1 fully saturated rings. The second-order valence-electron chi connectivity index (χ2n) is 4.27. The standard InChI is InChI=1S/C9H19N3O.ClH/c1-7(10)8(13)12-5-3-9(2,11)4-6-12;/h7H,3-6,10-11H2,1-2H3;1H/t7-;/m0./s1. The van der Waals surface area contributed by atoms with E-state index in [2.05, 4.69) is 0 Å². The van der Waals surface area contributed by atoms with E-state index < -0.39 is 0 Å². The Morgan fingerprint density at radius 1 is 1.43 bits per heavy atom. The molecule has 1 rings (SSSR count). The third-order valence-corrected chi connectivity index (χ3v) is 2.61. The SMILES string of the molecule is C[C@H](N)C(=O)N1CCC(C)(N)CC1.Cl. The van der Waals surface area contributed by atoms with E-state index in [9.17, 15) is 4.79 Å². The highest BCUT2D eigenvalue weighted by Crippen LogP contribution is 2.18. The number of hydrogen-bond acceptors (Lipinski definition) is 3. The van der Waals surface area contributed by atoms with Crippen LogP contribution in [0.4, 0.5) is 0 Å². The van der Waals surface area contributed by atoms with E-state index in [0.717, 1.165) is 25.9 Å². The summed E-state index contributed by atoms with van der Waals surface area (Å²) in [6, 6.07) is -0.387. The largest absolute Gasteiger partial charge is 0.341 e. The monoisotopic (exact) mass is 221 g/mol. The van der Waals surface area contributed by atoms with Crippen molar-refractivity contribution in [2.24, 2.45) is 11.5 Å². The number of likely N-dealkylation sites (tertiary alicyclic amines) is 1. The second kappa shape index (κ2) is 4.96. The van der Waals surface area contributed by atoms with Crippen molar-refractivity contribution in [1.29, 1.82) is 0 Å². The van der Waals surface area contributed by atoms with E-state index in [1.54, 1.807) is 11.8 Å². The fourth-order valence-corrected chi connectivity index (χ4v) is 1.53. The Kier molecular flexibility index (Phi) is 4.84. The average Bonchev–Trinajstić information content (AvgIpc) is 2.03. The molecular formula is C9H20ClN3O. The first kappa shape index (κ1) is 13.7. The van der Waals surface area contributed by atoms with Gasteiger partial charge in [-0.2, -0.15) is 0 Å². The second-order valence-corrected chi connectivity index (χ2v) is 4.27. The Morgan fingerprint density at radius 2 is 1.86 bits per heavy atom. The van der Waals surface area contributed by atoms with E-state index in [-0.39, 0.29) is 29.9 Å². The smallest absolute Gasteiger partial charge is 0.239 e. The van der Waals surface area contributed by atoms with Gasteiger partial charge in [0.05, 0.1) is 6.04 Å². The lowest BCUT2D eigenvalue weighted by Crippen LogP contribution is -2.52. The summed E-state index contributed by atoms with van der Waals surface area (Å²) in [5.74, 6) is 0.0375. The molecule has 1 saturated heterocycles. The van der Waals surface area contributed by atoms with Crippen molar-refractivity contribution in [3.63, 3.8) is 0 Å². The molecular weight excluding hydrogens is 202 g/mol. The summed E-state index contributed by atoms with van der Waals surface area (Å²) in [6.45, 7) is 5.24. The Morgan fingerprint density at radius 3 is 2.21 bits per heavy atom. The Bertz CT molecular complexity index is 196. The van der Waals surface area contributed by atoms with Crippen LogP contribution >= 0.6 is 12.4 Å². The van der Waals surface area contributed by atoms with Gasteiger partial charge < -0.3 is 16.4 Å². The first-order valence-electron chi connectivity index (χ1n) is 4.76. The molecule has 1 aliphatic heterocycles. The van der Waals surface area contributed by atoms with Crippen molar-refractivity contribution in [1.82, 2.24) is 4.90 Å². The summed E-state index contributed by atoms with van der Waals surface area (Å²) in [5.41, 5.74) is 11.4. The topological polar surface area (TPSA) is 72.4 Å². The number of carbonyl (C=O) groups is 1. The highest BCUT2D eigenvalue weighted by Gasteiger charge is 2.29. The van der Waals surface area contributed by atoms with Gasteiger partial charge in [0.25, 0.3) is 0 Å². The summed E-state index contributed by atoms with van der Waals surface area (Å²) in [4.78, 5) is 13.3. The van der Waals surface area contributed by atoms with Gasteiger partial charge in [-0.05, 0) is 26.7 Å². The van der Waals surface area contributed by atoms with Gasteiger partial charge in [0.15, 0.2) is 0 Å². The van der Waals surface area contributed by atoms with E-state index >= 15 is 0 Å². The zero-order valence-electron chi connectivity index (χ0n) is 8.82. The van der Waals surface area contributed by atoms with Crippen LogP contribution < -0.4 is 11.5 Å². The molecule has 0 aromatic carbocycles.